The highest BCUT2D eigenvalue weighted by atomic mass is 16.2. The van der Waals surface area contributed by atoms with Crippen molar-refractivity contribution in [3.63, 3.8) is 0 Å². The average molecular weight is 284 g/mol. The van der Waals surface area contributed by atoms with Crippen molar-refractivity contribution in [3.05, 3.63) is 48.6 Å². The van der Waals surface area contributed by atoms with Crippen molar-refractivity contribution in [3.8, 4) is 0 Å². The van der Waals surface area contributed by atoms with Crippen molar-refractivity contribution >= 4 is 11.8 Å². The fourth-order valence-corrected chi connectivity index (χ4v) is 3.17. The SMILES string of the molecule is C=CCN1C(=O)C(C)(C2CC2)NC(=O)C1c1ccccc1. The maximum atomic E-state index is 12.9. The van der Waals surface area contributed by atoms with Gasteiger partial charge in [-0.25, -0.2) is 0 Å². The van der Waals surface area contributed by atoms with Gasteiger partial charge in [0.1, 0.15) is 11.6 Å². The number of carbonyl (C=O) groups is 2. The van der Waals surface area contributed by atoms with E-state index in [0.717, 1.165) is 18.4 Å². The molecule has 4 nitrogen and oxygen atoms in total. The Labute approximate surface area is 124 Å². The Morgan fingerprint density at radius 1 is 1.33 bits per heavy atom. The second-order valence-electron chi connectivity index (χ2n) is 6.03. The van der Waals surface area contributed by atoms with Crippen molar-refractivity contribution in [2.45, 2.75) is 31.3 Å². The van der Waals surface area contributed by atoms with Gasteiger partial charge in [-0.15, -0.1) is 6.58 Å². The number of carbonyl (C=O) groups excluding carboxylic acids is 2. The molecule has 1 saturated carbocycles. The number of nitrogens with zero attached hydrogens (tertiary/aromatic N) is 1. The molecule has 2 unspecified atom stereocenters. The van der Waals surface area contributed by atoms with Crippen molar-refractivity contribution in [2.24, 2.45) is 5.92 Å². The summed E-state index contributed by atoms with van der Waals surface area (Å²) in [7, 11) is 0. The number of benzene rings is 1. The topological polar surface area (TPSA) is 49.4 Å². The fourth-order valence-electron chi connectivity index (χ4n) is 3.17. The highest BCUT2D eigenvalue weighted by Gasteiger charge is 2.55. The molecule has 0 bridgehead atoms. The summed E-state index contributed by atoms with van der Waals surface area (Å²) >= 11 is 0. The first-order chi connectivity index (χ1) is 10.1. The highest BCUT2D eigenvalue weighted by molar-refractivity contribution is 6.00. The Morgan fingerprint density at radius 2 is 2.00 bits per heavy atom. The van der Waals surface area contributed by atoms with Crippen LogP contribution in [0.5, 0.6) is 0 Å². The van der Waals surface area contributed by atoms with E-state index in [1.54, 1.807) is 11.0 Å². The van der Waals surface area contributed by atoms with E-state index in [1.165, 1.54) is 0 Å². The first-order valence-corrected chi connectivity index (χ1v) is 7.37. The summed E-state index contributed by atoms with van der Waals surface area (Å²) in [6, 6.07) is 8.87. The fraction of sp³-hybridized carbons (Fsp3) is 0.412. The van der Waals surface area contributed by atoms with Gasteiger partial charge in [0.15, 0.2) is 0 Å². The summed E-state index contributed by atoms with van der Waals surface area (Å²) < 4.78 is 0. The molecule has 1 heterocycles. The van der Waals surface area contributed by atoms with Gasteiger partial charge in [-0.1, -0.05) is 36.4 Å². The second-order valence-corrected chi connectivity index (χ2v) is 6.03. The van der Waals surface area contributed by atoms with Gasteiger partial charge in [-0.3, -0.25) is 9.59 Å². The molecule has 1 aromatic carbocycles. The lowest BCUT2D eigenvalue weighted by atomic mass is 9.87. The van der Waals surface area contributed by atoms with Gasteiger partial charge in [-0.05, 0) is 31.2 Å². The third kappa shape index (κ3) is 2.24. The van der Waals surface area contributed by atoms with E-state index in [4.69, 9.17) is 0 Å². The Balaban J connectivity index is 1.99. The van der Waals surface area contributed by atoms with Crippen LogP contribution < -0.4 is 5.32 Å². The summed E-state index contributed by atoms with van der Waals surface area (Å²) in [6.07, 6.45) is 3.68. The third-order valence-corrected chi connectivity index (χ3v) is 4.48. The number of rotatable bonds is 4. The van der Waals surface area contributed by atoms with E-state index in [2.05, 4.69) is 11.9 Å². The van der Waals surface area contributed by atoms with Crippen LogP contribution in [-0.4, -0.2) is 28.8 Å². The molecule has 1 aromatic rings. The van der Waals surface area contributed by atoms with Crippen molar-refractivity contribution in [2.75, 3.05) is 6.54 Å². The zero-order valence-corrected chi connectivity index (χ0v) is 12.2. The van der Waals surface area contributed by atoms with E-state index in [-0.39, 0.29) is 17.7 Å². The largest absolute Gasteiger partial charge is 0.340 e. The molecule has 110 valence electrons. The van der Waals surface area contributed by atoms with Gasteiger partial charge >= 0.3 is 0 Å². The van der Waals surface area contributed by atoms with Gasteiger partial charge in [0.2, 0.25) is 11.8 Å². The third-order valence-electron chi connectivity index (χ3n) is 4.48. The molecular formula is C17H20N2O2. The predicted molar refractivity (Wildman–Crippen MR) is 80.4 cm³/mol. The Kier molecular flexibility index (Phi) is 3.32. The number of nitrogens with one attached hydrogen (secondary N) is 1. The van der Waals surface area contributed by atoms with E-state index in [0.29, 0.717) is 6.54 Å². The molecule has 1 N–H and O–H groups in total. The molecule has 3 rings (SSSR count). The first-order valence-electron chi connectivity index (χ1n) is 7.37. The summed E-state index contributed by atoms with van der Waals surface area (Å²) in [5, 5.41) is 2.98. The molecule has 2 atom stereocenters. The van der Waals surface area contributed by atoms with Crippen LogP contribution in [0.3, 0.4) is 0 Å². The number of hydrogen-bond acceptors (Lipinski definition) is 2. The molecule has 21 heavy (non-hydrogen) atoms. The molecular weight excluding hydrogens is 264 g/mol. The van der Waals surface area contributed by atoms with Crippen LogP contribution in [-0.2, 0) is 9.59 Å². The number of amides is 2. The summed E-state index contributed by atoms with van der Waals surface area (Å²) in [5.41, 5.74) is 0.0776. The summed E-state index contributed by atoms with van der Waals surface area (Å²) in [6.45, 7) is 5.96. The van der Waals surface area contributed by atoms with E-state index in [1.807, 2.05) is 37.3 Å². The van der Waals surface area contributed by atoms with Gasteiger partial charge in [-0.2, -0.15) is 0 Å². The van der Waals surface area contributed by atoms with E-state index < -0.39 is 11.6 Å². The Hall–Kier alpha value is -2.10. The van der Waals surface area contributed by atoms with Crippen molar-refractivity contribution in [1.82, 2.24) is 10.2 Å². The maximum Gasteiger partial charge on any atom is 0.249 e. The zero-order valence-electron chi connectivity index (χ0n) is 12.2. The summed E-state index contributed by atoms with van der Waals surface area (Å²) in [4.78, 5) is 27.2. The van der Waals surface area contributed by atoms with Gasteiger partial charge in [0.05, 0.1) is 0 Å². The smallest absolute Gasteiger partial charge is 0.249 e. The van der Waals surface area contributed by atoms with Crippen LogP contribution in [0, 0.1) is 5.92 Å². The van der Waals surface area contributed by atoms with Crippen LogP contribution in [0.4, 0.5) is 0 Å². The molecule has 2 fully saturated rings. The second kappa shape index (κ2) is 5.02. The first kappa shape index (κ1) is 13.9. The monoisotopic (exact) mass is 284 g/mol. The quantitative estimate of drug-likeness (QED) is 0.860. The lowest BCUT2D eigenvalue weighted by Crippen LogP contribution is -2.67. The number of hydrogen-bond donors (Lipinski definition) is 1. The molecule has 2 amide bonds. The van der Waals surface area contributed by atoms with Crippen LogP contribution in [0.2, 0.25) is 0 Å². The zero-order chi connectivity index (χ0) is 15.0. The molecule has 1 aliphatic heterocycles. The predicted octanol–water partition coefficient (Wildman–Crippen LogP) is 2.04. The Morgan fingerprint density at radius 3 is 2.57 bits per heavy atom. The lowest BCUT2D eigenvalue weighted by Gasteiger charge is -2.44. The van der Waals surface area contributed by atoms with Gasteiger partial charge in [0, 0.05) is 6.54 Å². The average Bonchev–Trinajstić information content (AvgIpc) is 3.31. The Bertz CT molecular complexity index is 580. The van der Waals surface area contributed by atoms with Gasteiger partial charge < -0.3 is 10.2 Å². The molecule has 0 radical (unpaired) electrons. The minimum absolute atomic E-state index is 0.00152. The van der Waals surface area contributed by atoms with E-state index >= 15 is 0 Å². The standard InChI is InChI=1S/C17H20N2O2/c1-3-11-19-14(12-7-5-4-6-8-12)15(20)18-17(2,16(19)21)13-9-10-13/h3-8,13-14H,1,9-11H2,2H3,(H,18,20). The van der Waals surface area contributed by atoms with Crippen LogP contribution in [0.25, 0.3) is 0 Å². The lowest BCUT2D eigenvalue weighted by molar-refractivity contribution is -0.155. The minimum atomic E-state index is -0.759. The van der Waals surface area contributed by atoms with E-state index in [9.17, 15) is 9.59 Å². The molecule has 0 aromatic heterocycles. The highest BCUT2D eigenvalue weighted by Crippen LogP contribution is 2.43. The minimum Gasteiger partial charge on any atom is -0.340 e. The van der Waals surface area contributed by atoms with Crippen molar-refractivity contribution < 1.29 is 9.59 Å². The van der Waals surface area contributed by atoms with Crippen LogP contribution in [0.1, 0.15) is 31.4 Å². The normalized spacial score (nSPS) is 29.2. The van der Waals surface area contributed by atoms with Gasteiger partial charge in [0.25, 0.3) is 0 Å². The molecule has 4 heteroatoms. The van der Waals surface area contributed by atoms with Crippen molar-refractivity contribution in [1.29, 1.82) is 0 Å². The summed E-state index contributed by atoms with van der Waals surface area (Å²) in [5.74, 6) is 0.161. The molecule has 2 aliphatic rings. The van der Waals surface area contributed by atoms with Crippen LogP contribution >= 0.6 is 0 Å². The molecule has 1 saturated heterocycles. The maximum absolute atomic E-state index is 12.9. The molecule has 0 spiro atoms. The van der Waals surface area contributed by atoms with Crippen LogP contribution in [0.15, 0.2) is 43.0 Å². The molecule has 1 aliphatic carbocycles. The number of piperazine rings is 1.